The summed E-state index contributed by atoms with van der Waals surface area (Å²) in [6.45, 7) is 1.42. The van der Waals surface area contributed by atoms with Crippen molar-refractivity contribution in [3.63, 3.8) is 0 Å². The summed E-state index contributed by atoms with van der Waals surface area (Å²) in [7, 11) is 0. The number of nitrogens with zero attached hydrogens (tertiary/aromatic N) is 2. The van der Waals surface area contributed by atoms with Gasteiger partial charge in [-0.3, -0.25) is 9.59 Å². The molecule has 1 atom stereocenters. The van der Waals surface area contributed by atoms with Gasteiger partial charge in [0.1, 0.15) is 16.9 Å². The number of H-pyrrole nitrogens is 1. The maximum atomic E-state index is 13.2. The number of rotatable bonds is 5. The second-order valence-electron chi connectivity index (χ2n) is 6.93. The number of halogens is 1. The smallest absolute Gasteiger partial charge is 0.268 e. The molecule has 0 bridgehead atoms. The van der Waals surface area contributed by atoms with Gasteiger partial charge >= 0.3 is 0 Å². The second kappa shape index (κ2) is 8.88. The molecule has 1 aliphatic rings. The normalized spacial score (nSPS) is 15.3. The van der Waals surface area contributed by atoms with Crippen LogP contribution in [-0.2, 0) is 11.2 Å². The molecule has 0 radical (unpaired) electrons. The highest BCUT2D eigenvalue weighted by molar-refractivity contribution is 7.99. The van der Waals surface area contributed by atoms with Crippen LogP contribution in [0.5, 0.6) is 0 Å². The third kappa shape index (κ3) is 4.74. The zero-order valence-electron chi connectivity index (χ0n) is 15.7. The summed E-state index contributed by atoms with van der Waals surface area (Å²) in [5.41, 5.74) is 2.10. The number of thioether (sulfide) groups is 1. The van der Waals surface area contributed by atoms with Crippen molar-refractivity contribution in [3.8, 4) is 0 Å². The molecule has 8 heteroatoms. The summed E-state index contributed by atoms with van der Waals surface area (Å²) < 4.78 is 0. The SMILES string of the molecule is O=C(N[C@@H](Cc1ccccc1)C(=O)N1CCSCC1)c1cc2cc(Cl)ncc2[nH]1. The van der Waals surface area contributed by atoms with E-state index in [1.54, 1.807) is 18.3 Å². The highest BCUT2D eigenvalue weighted by atomic mass is 35.5. The van der Waals surface area contributed by atoms with Crippen LogP contribution in [0.2, 0.25) is 5.15 Å². The van der Waals surface area contributed by atoms with E-state index in [4.69, 9.17) is 11.6 Å². The summed E-state index contributed by atoms with van der Waals surface area (Å²) in [4.78, 5) is 35.0. The summed E-state index contributed by atoms with van der Waals surface area (Å²) in [6.07, 6.45) is 2.04. The van der Waals surface area contributed by atoms with E-state index in [2.05, 4.69) is 15.3 Å². The van der Waals surface area contributed by atoms with Crippen molar-refractivity contribution in [3.05, 3.63) is 65.1 Å². The molecular weight excluding hydrogens is 408 g/mol. The molecule has 1 saturated heterocycles. The molecule has 2 N–H and O–H groups in total. The maximum Gasteiger partial charge on any atom is 0.268 e. The van der Waals surface area contributed by atoms with Gasteiger partial charge in [0.2, 0.25) is 5.91 Å². The fourth-order valence-corrected chi connectivity index (χ4v) is 4.49. The van der Waals surface area contributed by atoms with Gasteiger partial charge in [0.25, 0.3) is 5.91 Å². The van der Waals surface area contributed by atoms with E-state index in [9.17, 15) is 9.59 Å². The van der Waals surface area contributed by atoms with Crippen LogP contribution in [0.15, 0.2) is 48.7 Å². The summed E-state index contributed by atoms with van der Waals surface area (Å²) >= 11 is 7.78. The van der Waals surface area contributed by atoms with Crippen molar-refractivity contribution in [2.45, 2.75) is 12.5 Å². The first-order valence-corrected chi connectivity index (χ1v) is 11.0. The number of pyridine rings is 1. The quantitative estimate of drug-likeness (QED) is 0.612. The van der Waals surface area contributed by atoms with Gasteiger partial charge in [-0.15, -0.1) is 0 Å². The largest absolute Gasteiger partial charge is 0.349 e. The van der Waals surface area contributed by atoms with Crippen LogP contribution in [0.1, 0.15) is 16.1 Å². The van der Waals surface area contributed by atoms with Crippen LogP contribution in [0, 0.1) is 0 Å². The Hall–Kier alpha value is -2.51. The van der Waals surface area contributed by atoms with Gasteiger partial charge in [-0.1, -0.05) is 41.9 Å². The minimum Gasteiger partial charge on any atom is -0.349 e. The van der Waals surface area contributed by atoms with Crippen molar-refractivity contribution >= 4 is 46.1 Å². The Balaban J connectivity index is 1.55. The van der Waals surface area contributed by atoms with Gasteiger partial charge in [0, 0.05) is 36.4 Å². The van der Waals surface area contributed by atoms with Crippen molar-refractivity contribution < 1.29 is 9.59 Å². The minimum absolute atomic E-state index is 0.0386. The van der Waals surface area contributed by atoms with E-state index in [0.29, 0.717) is 30.4 Å². The van der Waals surface area contributed by atoms with Crippen LogP contribution in [0.3, 0.4) is 0 Å². The number of nitrogens with one attached hydrogen (secondary N) is 2. The van der Waals surface area contributed by atoms with Crippen molar-refractivity contribution in [1.29, 1.82) is 0 Å². The molecule has 29 heavy (non-hydrogen) atoms. The zero-order valence-corrected chi connectivity index (χ0v) is 17.3. The first-order valence-electron chi connectivity index (χ1n) is 9.46. The van der Waals surface area contributed by atoms with E-state index >= 15 is 0 Å². The molecule has 0 saturated carbocycles. The molecule has 3 aromatic rings. The number of benzene rings is 1. The highest BCUT2D eigenvalue weighted by Gasteiger charge is 2.28. The maximum absolute atomic E-state index is 13.2. The predicted molar refractivity (Wildman–Crippen MR) is 116 cm³/mol. The Kier molecular flexibility index (Phi) is 6.06. The molecule has 6 nitrogen and oxygen atoms in total. The Morgan fingerprint density at radius 3 is 2.72 bits per heavy atom. The predicted octanol–water partition coefficient (Wildman–Crippen LogP) is 3.13. The van der Waals surface area contributed by atoms with E-state index in [1.807, 2.05) is 47.0 Å². The number of aromatic nitrogens is 2. The van der Waals surface area contributed by atoms with Crippen molar-refractivity contribution in [1.82, 2.24) is 20.2 Å². The lowest BCUT2D eigenvalue weighted by Crippen LogP contribution is -2.51. The first-order chi connectivity index (χ1) is 14.1. The summed E-state index contributed by atoms with van der Waals surface area (Å²) in [5, 5.41) is 4.10. The molecule has 1 aromatic carbocycles. The van der Waals surface area contributed by atoms with Gasteiger partial charge in [-0.2, -0.15) is 11.8 Å². The number of amides is 2. The molecule has 1 aliphatic heterocycles. The number of hydrogen-bond acceptors (Lipinski definition) is 4. The number of hydrogen-bond donors (Lipinski definition) is 2. The Morgan fingerprint density at radius 2 is 1.97 bits per heavy atom. The molecule has 0 unspecified atom stereocenters. The lowest BCUT2D eigenvalue weighted by atomic mass is 10.0. The molecular formula is C21H21ClN4O2S. The lowest BCUT2D eigenvalue weighted by Gasteiger charge is -2.30. The van der Waals surface area contributed by atoms with Gasteiger partial charge < -0.3 is 15.2 Å². The molecule has 0 aliphatic carbocycles. The van der Waals surface area contributed by atoms with Gasteiger partial charge in [0.15, 0.2) is 0 Å². The van der Waals surface area contributed by atoms with E-state index in [-0.39, 0.29) is 11.8 Å². The Morgan fingerprint density at radius 1 is 1.21 bits per heavy atom. The zero-order chi connectivity index (χ0) is 20.2. The monoisotopic (exact) mass is 428 g/mol. The van der Waals surface area contributed by atoms with Crippen LogP contribution >= 0.6 is 23.4 Å². The molecule has 3 heterocycles. The average Bonchev–Trinajstić information content (AvgIpc) is 3.17. The molecule has 4 rings (SSSR count). The molecule has 2 aromatic heterocycles. The fourth-order valence-electron chi connectivity index (χ4n) is 3.42. The summed E-state index contributed by atoms with van der Waals surface area (Å²) in [6, 6.07) is 12.5. The van der Waals surface area contributed by atoms with Crippen LogP contribution in [0.4, 0.5) is 0 Å². The number of carbonyl (C=O) groups excluding carboxylic acids is 2. The van der Waals surface area contributed by atoms with Crippen molar-refractivity contribution in [2.24, 2.45) is 0 Å². The highest BCUT2D eigenvalue weighted by Crippen LogP contribution is 2.18. The van der Waals surface area contributed by atoms with Gasteiger partial charge in [-0.05, 0) is 17.7 Å². The standard InChI is InChI=1S/C21H21ClN4O2S/c22-19-12-15-11-16(24-18(15)13-23-19)20(27)25-17(10-14-4-2-1-3-5-14)21(28)26-6-8-29-9-7-26/h1-5,11-13,17,24H,6-10H2,(H,25,27)/t17-/m0/s1. The van der Waals surface area contributed by atoms with E-state index < -0.39 is 6.04 Å². The minimum atomic E-state index is -0.624. The van der Waals surface area contributed by atoms with E-state index in [0.717, 1.165) is 28.0 Å². The van der Waals surface area contributed by atoms with Crippen LogP contribution in [0.25, 0.3) is 10.9 Å². The fraction of sp³-hybridized carbons (Fsp3) is 0.286. The first kappa shape index (κ1) is 19.8. The second-order valence-corrected chi connectivity index (χ2v) is 8.54. The molecule has 1 fully saturated rings. The Labute approximate surface area is 178 Å². The van der Waals surface area contributed by atoms with Gasteiger partial charge in [0.05, 0.1) is 11.7 Å². The molecule has 2 amide bonds. The summed E-state index contributed by atoms with van der Waals surface area (Å²) in [5.74, 6) is 1.49. The van der Waals surface area contributed by atoms with Crippen molar-refractivity contribution in [2.75, 3.05) is 24.6 Å². The number of carbonyl (C=O) groups is 2. The van der Waals surface area contributed by atoms with Crippen LogP contribution < -0.4 is 5.32 Å². The third-order valence-corrected chi connectivity index (χ3v) is 6.07. The third-order valence-electron chi connectivity index (χ3n) is 4.93. The lowest BCUT2D eigenvalue weighted by molar-refractivity contribution is -0.132. The van der Waals surface area contributed by atoms with E-state index in [1.165, 1.54) is 0 Å². The average molecular weight is 429 g/mol. The van der Waals surface area contributed by atoms with Crippen LogP contribution in [-0.4, -0.2) is 57.3 Å². The topological polar surface area (TPSA) is 78.1 Å². The Bertz CT molecular complexity index is 1020. The number of aromatic amines is 1. The van der Waals surface area contributed by atoms with Gasteiger partial charge in [-0.25, -0.2) is 4.98 Å². The number of fused-ring (bicyclic) bond motifs is 1. The molecule has 150 valence electrons. The molecule has 0 spiro atoms.